The van der Waals surface area contributed by atoms with Crippen molar-refractivity contribution < 1.29 is 14.3 Å². The quantitative estimate of drug-likeness (QED) is 0.453. The number of rotatable bonds is 0. The first kappa shape index (κ1) is 5.14. The summed E-state index contributed by atoms with van der Waals surface area (Å²) in [6.45, 7) is 0.413. The van der Waals surface area contributed by atoms with Crippen LogP contribution in [0, 0.1) is 0 Å². The van der Waals surface area contributed by atoms with Crippen molar-refractivity contribution in [3.63, 3.8) is 0 Å². The summed E-state index contributed by atoms with van der Waals surface area (Å²) in [5, 5.41) is 0. The van der Waals surface area contributed by atoms with Gasteiger partial charge in [-0.1, -0.05) is 0 Å². The maximum atomic E-state index is 10.8. The zero-order valence-electron chi connectivity index (χ0n) is 4.74. The van der Waals surface area contributed by atoms with Gasteiger partial charge < -0.3 is 9.47 Å². The summed E-state index contributed by atoms with van der Waals surface area (Å²) in [4.78, 5) is 10.8. The maximum Gasteiger partial charge on any atom is 0.186 e. The fraction of sp³-hybridized carbons (Fsp3) is 0.500. The molecule has 0 saturated carbocycles. The third-order valence-electron chi connectivity index (χ3n) is 1.45. The molecule has 0 unspecified atom stereocenters. The van der Waals surface area contributed by atoms with Crippen LogP contribution in [0.4, 0.5) is 0 Å². The van der Waals surface area contributed by atoms with E-state index in [4.69, 9.17) is 9.47 Å². The lowest BCUT2D eigenvalue weighted by molar-refractivity contribution is -0.126. The van der Waals surface area contributed by atoms with Crippen LogP contribution in [-0.2, 0) is 14.3 Å². The minimum absolute atomic E-state index is 0.0174. The molecule has 1 saturated heterocycles. The van der Waals surface area contributed by atoms with Crippen LogP contribution in [0.25, 0.3) is 0 Å². The smallest absolute Gasteiger partial charge is 0.186 e. The lowest BCUT2D eigenvalue weighted by atomic mass is 10.2. The number of carbonyl (C=O) groups excluding carboxylic acids is 1. The summed E-state index contributed by atoms with van der Waals surface area (Å²) in [6, 6.07) is 0. The number of hydrogen-bond acceptors (Lipinski definition) is 3. The van der Waals surface area contributed by atoms with Gasteiger partial charge in [0.1, 0.15) is 6.10 Å². The van der Waals surface area contributed by atoms with E-state index < -0.39 is 0 Å². The van der Waals surface area contributed by atoms with Gasteiger partial charge >= 0.3 is 0 Å². The fourth-order valence-electron chi connectivity index (χ4n) is 0.954. The second-order valence-electron chi connectivity index (χ2n) is 2.09. The van der Waals surface area contributed by atoms with Crippen LogP contribution >= 0.6 is 0 Å². The number of fused-ring (bicyclic) bond motifs is 2. The molecule has 0 spiro atoms. The first-order valence-electron chi connectivity index (χ1n) is 2.85. The number of carbonyl (C=O) groups is 1. The zero-order valence-corrected chi connectivity index (χ0v) is 4.74. The summed E-state index contributed by atoms with van der Waals surface area (Å²) in [7, 11) is 0. The van der Waals surface area contributed by atoms with Gasteiger partial charge in [-0.25, -0.2) is 0 Å². The Balaban J connectivity index is 2.29. The first-order chi connectivity index (χ1) is 4.36. The average molecular weight is 126 g/mol. The summed E-state index contributed by atoms with van der Waals surface area (Å²) in [5.74, 6) is 0.0174. The molecule has 2 aliphatic rings. The highest BCUT2D eigenvalue weighted by atomic mass is 16.7. The molecule has 3 nitrogen and oxygen atoms in total. The summed E-state index contributed by atoms with van der Waals surface area (Å²) >= 11 is 0. The van der Waals surface area contributed by atoms with Crippen molar-refractivity contribution >= 4 is 5.78 Å². The van der Waals surface area contributed by atoms with Crippen LogP contribution in [-0.4, -0.2) is 24.8 Å². The minimum Gasteiger partial charge on any atom is -0.346 e. The van der Waals surface area contributed by atoms with Crippen molar-refractivity contribution in [1.29, 1.82) is 0 Å². The van der Waals surface area contributed by atoms with E-state index in [1.165, 1.54) is 6.08 Å². The van der Waals surface area contributed by atoms with Crippen molar-refractivity contribution in [3.8, 4) is 0 Å². The van der Waals surface area contributed by atoms with Crippen LogP contribution in [0.3, 0.4) is 0 Å². The van der Waals surface area contributed by atoms with E-state index >= 15 is 0 Å². The molecule has 0 N–H and O–H groups in total. The van der Waals surface area contributed by atoms with Crippen molar-refractivity contribution in [2.24, 2.45) is 0 Å². The summed E-state index contributed by atoms with van der Waals surface area (Å²) in [6.07, 6.45) is 2.57. The summed E-state index contributed by atoms with van der Waals surface area (Å²) < 4.78 is 10.1. The Morgan fingerprint density at radius 3 is 3.33 bits per heavy atom. The molecular weight excluding hydrogens is 120 g/mol. The van der Waals surface area contributed by atoms with Gasteiger partial charge in [-0.2, -0.15) is 0 Å². The fourth-order valence-corrected chi connectivity index (χ4v) is 0.954. The van der Waals surface area contributed by atoms with E-state index in [-0.39, 0.29) is 18.2 Å². The molecule has 0 aliphatic carbocycles. The van der Waals surface area contributed by atoms with Crippen molar-refractivity contribution in [2.45, 2.75) is 12.4 Å². The standard InChI is InChI=1S/C6H6O3/c7-4-1-2-6-8-3-5(4)9-6/h1-2,5-6H,3H2/t5-,6-/m0/s1. The second kappa shape index (κ2) is 1.65. The largest absolute Gasteiger partial charge is 0.346 e. The topological polar surface area (TPSA) is 35.5 Å². The highest BCUT2D eigenvalue weighted by Crippen LogP contribution is 2.17. The molecule has 0 aromatic carbocycles. The molecule has 1 fully saturated rings. The van der Waals surface area contributed by atoms with Gasteiger partial charge in [-0.05, 0) is 12.2 Å². The molecule has 2 heterocycles. The minimum atomic E-state index is -0.319. The van der Waals surface area contributed by atoms with Gasteiger partial charge in [0.05, 0.1) is 6.61 Å². The Kier molecular flexibility index (Phi) is 0.944. The van der Waals surface area contributed by atoms with Crippen LogP contribution in [0.1, 0.15) is 0 Å². The van der Waals surface area contributed by atoms with E-state index in [0.29, 0.717) is 6.61 Å². The van der Waals surface area contributed by atoms with Gasteiger partial charge in [-0.15, -0.1) is 0 Å². The molecule has 0 aromatic heterocycles. The first-order valence-corrected chi connectivity index (χ1v) is 2.85. The summed E-state index contributed by atoms with van der Waals surface area (Å²) in [5.41, 5.74) is 0. The number of ketones is 1. The van der Waals surface area contributed by atoms with Gasteiger partial charge in [0.2, 0.25) is 0 Å². The van der Waals surface area contributed by atoms with E-state index in [0.717, 1.165) is 0 Å². The average Bonchev–Trinajstić information content (AvgIpc) is 2.25. The normalized spacial score (nSPS) is 39.8. The molecule has 9 heavy (non-hydrogen) atoms. The molecule has 48 valence electrons. The molecule has 2 bridgehead atoms. The van der Waals surface area contributed by atoms with Crippen molar-refractivity contribution in [3.05, 3.63) is 12.2 Å². The molecule has 0 radical (unpaired) electrons. The molecular formula is C6H6O3. The van der Waals surface area contributed by atoms with E-state index in [1.807, 2.05) is 0 Å². The molecule has 0 aromatic rings. The molecule has 2 aliphatic heterocycles. The maximum absolute atomic E-state index is 10.8. The van der Waals surface area contributed by atoms with Crippen LogP contribution < -0.4 is 0 Å². The Hall–Kier alpha value is -0.670. The van der Waals surface area contributed by atoms with E-state index in [2.05, 4.69) is 0 Å². The van der Waals surface area contributed by atoms with Gasteiger partial charge in [-0.3, -0.25) is 4.79 Å². The van der Waals surface area contributed by atoms with Gasteiger partial charge in [0.25, 0.3) is 0 Å². The third kappa shape index (κ3) is 0.693. The zero-order chi connectivity index (χ0) is 6.27. The number of hydrogen-bond donors (Lipinski definition) is 0. The van der Waals surface area contributed by atoms with Gasteiger partial charge in [0, 0.05) is 0 Å². The monoisotopic (exact) mass is 126 g/mol. The van der Waals surface area contributed by atoms with Crippen LogP contribution in [0.5, 0.6) is 0 Å². The highest BCUT2D eigenvalue weighted by Gasteiger charge is 2.32. The van der Waals surface area contributed by atoms with Gasteiger partial charge in [0.15, 0.2) is 12.1 Å². The second-order valence-corrected chi connectivity index (χ2v) is 2.09. The lowest BCUT2D eigenvalue weighted by Crippen LogP contribution is -2.24. The highest BCUT2D eigenvalue weighted by molar-refractivity contribution is 5.94. The Morgan fingerprint density at radius 2 is 2.56 bits per heavy atom. The molecule has 2 atom stereocenters. The van der Waals surface area contributed by atoms with Crippen LogP contribution in [0.2, 0.25) is 0 Å². The third-order valence-corrected chi connectivity index (χ3v) is 1.45. The predicted molar refractivity (Wildman–Crippen MR) is 28.8 cm³/mol. The predicted octanol–water partition coefficient (Wildman–Crippen LogP) is -0.133. The Morgan fingerprint density at radius 1 is 1.67 bits per heavy atom. The number of ether oxygens (including phenoxy) is 2. The SMILES string of the molecule is O=C1C=C[C@H]2OC[C@@H]1O2. The van der Waals surface area contributed by atoms with E-state index in [9.17, 15) is 4.79 Å². The van der Waals surface area contributed by atoms with Crippen molar-refractivity contribution in [1.82, 2.24) is 0 Å². The van der Waals surface area contributed by atoms with Crippen LogP contribution in [0.15, 0.2) is 12.2 Å². The van der Waals surface area contributed by atoms with E-state index in [1.54, 1.807) is 6.08 Å². The Bertz CT molecular complexity index is 173. The Labute approximate surface area is 52.3 Å². The lowest BCUT2D eigenvalue weighted by Gasteiger charge is -2.08. The molecule has 2 rings (SSSR count). The van der Waals surface area contributed by atoms with Crippen molar-refractivity contribution in [2.75, 3.05) is 6.61 Å². The molecule has 3 heteroatoms. The molecule has 0 amide bonds.